The summed E-state index contributed by atoms with van der Waals surface area (Å²) in [5.74, 6) is 0.994. The lowest BCUT2D eigenvalue weighted by Crippen LogP contribution is -2.44. The fraction of sp³-hybridized carbons (Fsp3) is 0.524. The third kappa shape index (κ3) is 6.08. The van der Waals surface area contributed by atoms with Crippen molar-refractivity contribution >= 4 is 11.6 Å². The second-order valence-corrected chi connectivity index (χ2v) is 7.31. The van der Waals surface area contributed by atoms with Gasteiger partial charge in [0.15, 0.2) is 5.96 Å². The highest BCUT2D eigenvalue weighted by Crippen LogP contribution is 2.31. The largest absolute Gasteiger partial charge is 0.433 e. The highest BCUT2D eigenvalue weighted by Gasteiger charge is 2.26. The summed E-state index contributed by atoms with van der Waals surface area (Å²) in [5, 5.41) is 13.8. The molecule has 164 valence electrons. The number of aryl methyl sites for hydroxylation is 2. The number of nitrogens with zero attached hydrogens (tertiary/aromatic N) is 3. The molecule has 3 rings (SSSR count). The Morgan fingerprint density at radius 1 is 1.40 bits per heavy atom. The fourth-order valence-electron chi connectivity index (χ4n) is 3.61. The fourth-order valence-corrected chi connectivity index (χ4v) is 3.61. The van der Waals surface area contributed by atoms with E-state index >= 15 is 0 Å². The molecule has 1 aromatic heterocycles. The lowest BCUT2D eigenvalue weighted by molar-refractivity contribution is -0.0495. The molecule has 30 heavy (non-hydrogen) atoms. The summed E-state index contributed by atoms with van der Waals surface area (Å²) in [4.78, 5) is 6.75. The number of aromatic amines is 1. The number of guanidine groups is 1. The van der Waals surface area contributed by atoms with Crippen molar-refractivity contribution in [1.82, 2.24) is 20.8 Å². The van der Waals surface area contributed by atoms with Gasteiger partial charge in [0.2, 0.25) is 0 Å². The van der Waals surface area contributed by atoms with E-state index in [0.29, 0.717) is 18.8 Å². The van der Waals surface area contributed by atoms with Gasteiger partial charge in [-0.2, -0.15) is 13.9 Å². The molecule has 1 aromatic carbocycles. The van der Waals surface area contributed by atoms with Crippen LogP contribution in [0, 0.1) is 6.92 Å². The summed E-state index contributed by atoms with van der Waals surface area (Å²) in [7, 11) is 0. The van der Waals surface area contributed by atoms with Crippen LogP contribution in [-0.4, -0.2) is 55.0 Å². The van der Waals surface area contributed by atoms with Crippen LogP contribution in [0.3, 0.4) is 0 Å². The standard InChI is InChI=1S/C21H30F2N6O/c1-3-24-21(25-11-6-7-16-13-26-28-15(16)2)27-17-10-12-29(14-17)18-8-4-5-9-19(18)30-20(22)23/h4-5,8-9,13,17,20H,3,6-7,10-12,14H2,1-2H3,(H,26,28)(H2,24,25,27). The molecule has 2 heterocycles. The number of aliphatic imine (C=N–C) groups is 1. The van der Waals surface area contributed by atoms with Gasteiger partial charge in [-0.25, -0.2) is 0 Å². The van der Waals surface area contributed by atoms with Crippen molar-refractivity contribution in [3.8, 4) is 5.75 Å². The highest BCUT2D eigenvalue weighted by atomic mass is 19.3. The quantitative estimate of drug-likeness (QED) is 0.330. The van der Waals surface area contributed by atoms with E-state index in [9.17, 15) is 8.78 Å². The number of nitrogens with one attached hydrogen (secondary N) is 3. The molecule has 0 bridgehead atoms. The minimum Gasteiger partial charge on any atom is -0.433 e. The first kappa shape index (κ1) is 21.9. The van der Waals surface area contributed by atoms with Crippen LogP contribution in [0.15, 0.2) is 35.5 Å². The number of benzene rings is 1. The van der Waals surface area contributed by atoms with Gasteiger partial charge in [-0.1, -0.05) is 12.1 Å². The molecular formula is C21H30F2N6O. The third-order valence-corrected chi connectivity index (χ3v) is 5.10. The molecule has 1 fully saturated rings. The van der Waals surface area contributed by atoms with E-state index in [-0.39, 0.29) is 11.8 Å². The van der Waals surface area contributed by atoms with Gasteiger partial charge in [0, 0.05) is 37.9 Å². The average Bonchev–Trinajstić information content (AvgIpc) is 3.34. The van der Waals surface area contributed by atoms with Crippen molar-refractivity contribution in [2.45, 2.75) is 45.8 Å². The van der Waals surface area contributed by atoms with Crippen LogP contribution in [0.2, 0.25) is 0 Å². The maximum Gasteiger partial charge on any atom is 0.387 e. The van der Waals surface area contributed by atoms with Gasteiger partial charge in [-0.15, -0.1) is 0 Å². The van der Waals surface area contributed by atoms with Crippen LogP contribution < -0.4 is 20.3 Å². The number of para-hydroxylation sites is 2. The maximum atomic E-state index is 12.7. The molecule has 1 aliphatic rings. The molecule has 1 unspecified atom stereocenters. The molecule has 1 aliphatic heterocycles. The van der Waals surface area contributed by atoms with E-state index in [2.05, 4.69) is 35.5 Å². The Hall–Kier alpha value is -2.84. The van der Waals surface area contributed by atoms with Gasteiger partial charge in [0.05, 0.1) is 11.9 Å². The van der Waals surface area contributed by atoms with Crippen molar-refractivity contribution in [1.29, 1.82) is 0 Å². The van der Waals surface area contributed by atoms with Crippen LogP contribution in [0.4, 0.5) is 14.5 Å². The Labute approximate surface area is 175 Å². The topological polar surface area (TPSA) is 77.6 Å². The van der Waals surface area contributed by atoms with Gasteiger partial charge < -0.3 is 20.3 Å². The minimum atomic E-state index is -2.83. The highest BCUT2D eigenvalue weighted by molar-refractivity contribution is 5.80. The number of rotatable bonds is 9. The second kappa shape index (κ2) is 10.8. The van der Waals surface area contributed by atoms with E-state index in [1.807, 2.05) is 32.2 Å². The van der Waals surface area contributed by atoms with Crippen LogP contribution in [0.25, 0.3) is 0 Å². The molecular weight excluding hydrogens is 390 g/mol. The summed E-state index contributed by atoms with van der Waals surface area (Å²) in [6, 6.07) is 7.11. The van der Waals surface area contributed by atoms with Crippen molar-refractivity contribution in [3.05, 3.63) is 41.7 Å². The SMILES string of the molecule is CCNC(=NCCCc1cn[nH]c1C)NC1CCN(c2ccccc2OC(F)F)C1. The van der Waals surface area contributed by atoms with Gasteiger partial charge in [-0.3, -0.25) is 10.1 Å². The molecule has 1 saturated heterocycles. The molecule has 3 N–H and O–H groups in total. The van der Waals surface area contributed by atoms with Crippen LogP contribution in [0.5, 0.6) is 5.75 Å². The smallest absolute Gasteiger partial charge is 0.387 e. The summed E-state index contributed by atoms with van der Waals surface area (Å²) in [5.41, 5.74) is 3.02. The Bertz CT molecular complexity index is 825. The van der Waals surface area contributed by atoms with Crippen molar-refractivity contribution in [2.75, 3.05) is 31.1 Å². The molecule has 0 aliphatic carbocycles. The molecule has 0 radical (unpaired) electrons. The summed E-state index contributed by atoms with van der Waals surface area (Å²) in [6.45, 7) is 4.16. The minimum absolute atomic E-state index is 0.179. The number of H-pyrrole nitrogens is 1. The molecule has 1 atom stereocenters. The van der Waals surface area contributed by atoms with Crippen molar-refractivity contribution in [3.63, 3.8) is 0 Å². The first-order valence-electron chi connectivity index (χ1n) is 10.4. The lowest BCUT2D eigenvalue weighted by atomic mass is 10.1. The Kier molecular flexibility index (Phi) is 7.87. The van der Waals surface area contributed by atoms with Gasteiger partial charge in [-0.05, 0) is 50.8 Å². The van der Waals surface area contributed by atoms with Crippen LogP contribution in [-0.2, 0) is 6.42 Å². The molecule has 0 saturated carbocycles. The van der Waals surface area contributed by atoms with E-state index in [1.54, 1.807) is 12.1 Å². The number of halogens is 2. The zero-order chi connectivity index (χ0) is 21.3. The van der Waals surface area contributed by atoms with E-state index in [1.165, 1.54) is 5.56 Å². The number of aromatic nitrogens is 2. The number of hydrogen-bond acceptors (Lipinski definition) is 4. The molecule has 0 spiro atoms. The maximum absolute atomic E-state index is 12.7. The van der Waals surface area contributed by atoms with E-state index < -0.39 is 6.61 Å². The number of hydrogen-bond donors (Lipinski definition) is 3. The van der Waals surface area contributed by atoms with Crippen molar-refractivity contribution in [2.24, 2.45) is 4.99 Å². The third-order valence-electron chi connectivity index (χ3n) is 5.10. The summed E-state index contributed by atoms with van der Waals surface area (Å²) < 4.78 is 30.1. The normalized spacial score (nSPS) is 16.9. The number of ether oxygens (including phenoxy) is 1. The zero-order valence-corrected chi connectivity index (χ0v) is 17.5. The number of alkyl halides is 2. The van der Waals surface area contributed by atoms with Crippen LogP contribution >= 0.6 is 0 Å². The Balaban J connectivity index is 1.53. The first-order valence-corrected chi connectivity index (χ1v) is 10.4. The van der Waals surface area contributed by atoms with E-state index in [4.69, 9.17) is 0 Å². The second-order valence-electron chi connectivity index (χ2n) is 7.31. The summed E-state index contributed by atoms with van der Waals surface area (Å²) in [6.07, 6.45) is 4.63. The van der Waals surface area contributed by atoms with Crippen molar-refractivity contribution < 1.29 is 13.5 Å². The monoisotopic (exact) mass is 420 g/mol. The lowest BCUT2D eigenvalue weighted by Gasteiger charge is -2.22. The first-order chi connectivity index (χ1) is 14.6. The number of anilines is 1. The Morgan fingerprint density at radius 3 is 2.97 bits per heavy atom. The molecule has 9 heteroatoms. The van der Waals surface area contributed by atoms with Gasteiger partial charge >= 0.3 is 6.61 Å². The zero-order valence-electron chi connectivity index (χ0n) is 17.5. The van der Waals surface area contributed by atoms with Gasteiger partial charge in [0.1, 0.15) is 5.75 Å². The van der Waals surface area contributed by atoms with Gasteiger partial charge in [0.25, 0.3) is 0 Å². The van der Waals surface area contributed by atoms with Crippen LogP contribution in [0.1, 0.15) is 31.0 Å². The molecule has 2 aromatic rings. The Morgan fingerprint density at radius 2 is 2.23 bits per heavy atom. The van der Waals surface area contributed by atoms with E-state index in [0.717, 1.165) is 44.0 Å². The summed E-state index contributed by atoms with van der Waals surface area (Å²) >= 11 is 0. The molecule has 0 amide bonds. The predicted molar refractivity (Wildman–Crippen MR) is 114 cm³/mol. The average molecular weight is 421 g/mol. The predicted octanol–water partition coefficient (Wildman–Crippen LogP) is 3.09. The molecule has 7 nitrogen and oxygen atoms in total.